The number of unbranched alkanes of at least 4 members (excludes halogenated alkanes) is 20. The number of nitrogens with one attached hydrogen (secondary N) is 1. The summed E-state index contributed by atoms with van der Waals surface area (Å²) in [5.74, 6) is -0.189. The third-order valence-corrected chi connectivity index (χ3v) is 9.66. The Bertz CT molecular complexity index is 845. The molecule has 0 heterocycles. The molecule has 0 aliphatic rings. The molecule has 0 fully saturated rings. The number of rotatable bonds is 35. The number of hydrogen-bond donors (Lipinski definition) is 3. The van der Waals surface area contributed by atoms with E-state index in [1.807, 2.05) is 27.2 Å². The van der Waals surface area contributed by atoms with E-state index in [2.05, 4.69) is 31.3 Å². The Morgan fingerprint density at radius 1 is 0.688 bits per heavy atom. The fourth-order valence-electron chi connectivity index (χ4n) is 5.47. The van der Waals surface area contributed by atoms with E-state index >= 15 is 0 Å². The number of phosphoric ester groups is 1. The molecule has 9 heteroatoms. The van der Waals surface area contributed by atoms with Gasteiger partial charge in [0.2, 0.25) is 5.91 Å². The SMILES string of the molecule is CCCCCC/C=C/CC/C=C/[C@@H](O)[C@H](COP(=O)(O)OCC[N+](C)(C)C)NC(=O)CCCCCCCCCCCCCCCCCC. The molecule has 0 saturated heterocycles. The van der Waals surface area contributed by atoms with E-state index in [-0.39, 0.29) is 19.1 Å². The molecule has 0 aliphatic carbocycles. The molecule has 0 aromatic rings. The normalized spacial score (nSPS) is 14.9. The molecule has 0 aliphatic heterocycles. The molecule has 284 valence electrons. The molecular formula is C39H78N2O6P+. The number of phosphoric acid groups is 1. The van der Waals surface area contributed by atoms with Crippen molar-refractivity contribution >= 4 is 13.7 Å². The van der Waals surface area contributed by atoms with Crippen molar-refractivity contribution in [3.8, 4) is 0 Å². The maximum absolute atomic E-state index is 12.8. The highest BCUT2D eigenvalue weighted by molar-refractivity contribution is 7.47. The fourth-order valence-corrected chi connectivity index (χ4v) is 6.20. The number of quaternary nitrogens is 1. The van der Waals surface area contributed by atoms with Crippen molar-refractivity contribution in [2.75, 3.05) is 40.9 Å². The summed E-state index contributed by atoms with van der Waals surface area (Å²) in [6, 6.07) is -0.855. The van der Waals surface area contributed by atoms with Gasteiger partial charge in [0, 0.05) is 6.42 Å². The zero-order valence-corrected chi connectivity index (χ0v) is 32.9. The van der Waals surface area contributed by atoms with E-state index in [0.717, 1.165) is 38.5 Å². The van der Waals surface area contributed by atoms with Crippen LogP contribution in [-0.2, 0) is 18.4 Å². The summed E-state index contributed by atoms with van der Waals surface area (Å²) in [7, 11) is 1.55. The molecule has 0 rings (SSSR count). The number of allylic oxidation sites excluding steroid dienone is 3. The Morgan fingerprint density at radius 3 is 1.67 bits per heavy atom. The van der Waals surface area contributed by atoms with Crippen LogP contribution in [0.3, 0.4) is 0 Å². The zero-order valence-electron chi connectivity index (χ0n) is 32.0. The highest BCUT2D eigenvalue weighted by Crippen LogP contribution is 2.43. The molecule has 8 nitrogen and oxygen atoms in total. The van der Waals surface area contributed by atoms with Gasteiger partial charge in [-0.1, -0.05) is 154 Å². The third-order valence-electron chi connectivity index (χ3n) is 8.67. The van der Waals surface area contributed by atoms with Crippen molar-refractivity contribution < 1.29 is 32.9 Å². The van der Waals surface area contributed by atoms with E-state index in [1.54, 1.807) is 6.08 Å². The van der Waals surface area contributed by atoms with Gasteiger partial charge in [0.1, 0.15) is 13.2 Å². The van der Waals surface area contributed by atoms with Crippen LogP contribution >= 0.6 is 7.82 Å². The van der Waals surface area contributed by atoms with Crippen LogP contribution in [0.1, 0.15) is 168 Å². The Balaban J connectivity index is 4.46. The highest BCUT2D eigenvalue weighted by Gasteiger charge is 2.27. The smallest absolute Gasteiger partial charge is 0.387 e. The van der Waals surface area contributed by atoms with Crippen molar-refractivity contribution in [1.82, 2.24) is 5.32 Å². The van der Waals surface area contributed by atoms with Crippen LogP contribution in [0, 0.1) is 0 Å². The number of likely N-dealkylation sites (N-methyl/N-ethyl adjacent to an activating group) is 1. The van der Waals surface area contributed by atoms with Crippen molar-refractivity contribution in [2.45, 2.75) is 180 Å². The number of aliphatic hydroxyl groups excluding tert-OH is 1. The Labute approximate surface area is 296 Å². The van der Waals surface area contributed by atoms with Crippen LogP contribution in [0.2, 0.25) is 0 Å². The largest absolute Gasteiger partial charge is 0.472 e. The van der Waals surface area contributed by atoms with Crippen LogP contribution in [0.15, 0.2) is 24.3 Å². The van der Waals surface area contributed by atoms with E-state index < -0.39 is 20.0 Å². The summed E-state index contributed by atoms with van der Waals surface area (Å²) >= 11 is 0. The van der Waals surface area contributed by atoms with Gasteiger partial charge >= 0.3 is 7.82 Å². The van der Waals surface area contributed by atoms with E-state index in [1.165, 1.54) is 109 Å². The van der Waals surface area contributed by atoms with Gasteiger partial charge in [-0.15, -0.1) is 0 Å². The summed E-state index contributed by atoms with van der Waals surface area (Å²) in [5.41, 5.74) is 0. The third kappa shape index (κ3) is 33.5. The average molecular weight is 702 g/mol. The fraction of sp³-hybridized carbons (Fsp3) is 0.872. The first-order chi connectivity index (χ1) is 23.0. The number of carbonyl (C=O) groups is 1. The molecule has 1 amide bonds. The first kappa shape index (κ1) is 47.0. The van der Waals surface area contributed by atoms with Crippen LogP contribution < -0.4 is 5.32 Å². The van der Waals surface area contributed by atoms with Gasteiger partial charge in [0.15, 0.2) is 0 Å². The number of amides is 1. The lowest BCUT2D eigenvalue weighted by molar-refractivity contribution is -0.870. The van der Waals surface area contributed by atoms with Gasteiger partial charge in [-0.3, -0.25) is 13.8 Å². The molecule has 3 N–H and O–H groups in total. The quantitative estimate of drug-likeness (QED) is 0.0263. The highest BCUT2D eigenvalue weighted by atomic mass is 31.2. The number of carbonyl (C=O) groups excluding carboxylic acids is 1. The zero-order chi connectivity index (χ0) is 35.8. The van der Waals surface area contributed by atoms with Gasteiger partial charge in [0.05, 0.1) is 39.9 Å². The predicted molar refractivity (Wildman–Crippen MR) is 203 cm³/mol. The average Bonchev–Trinajstić information content (AvgIpc) is 3.02. The minimum atomic E-state index is -4.33. The summed E-state index contributed by atoms with van der Waals surface area (Å²) in [5, 5.41) is 13.7. The molecule has 0 spiro atoms. The second-order valence-electron chi connectivity index (χ2n) is 14.7. The minimum Gasteiger partial charge on any atom is -0.387 e. The van der Waals surface area contributed by atoms with Crippen LogP contribution in [-0.4, -0.2) is 73.4 Å². The Morgan fingerprint density at radius 2 is 1.15 bits per heavy atom. The lowest BCUT2D eigenvalue weighted by atomic mass is 10.0. The Hall–Kier alpha value is -1.02. The second kappa shape index (κ2) is 31.9. The lowest BCUT2D eigenvalue weighted by Gasteiger charge is -2.25. The Kier molecular flexibility index (Phi) is 31.2. The predicted octanol–water partition coefficient (Wildman–Crippen LogP) is 10.2. The van der Waals surface area contributed by atoms with Gasteiger partial charge in [-0.25, -0.2) is 4.57 Å². The first-order valence-corrected chi connectivity index (χ1v) is 21.2. The molecule has 0 saturated carbocycles. The van der Waals surface area contributed by atoms with E-state index in [9.17, 15) is 19.4 Å². The van der Waals surface area contributed by atoms with Crippen molar-refractivity contribution in [2.24, 2.45) is 0 Å². The summed E-state index contributed by atoms with van der Waals surface area (Å²) in [6.45, 7) is 4.74. The standard InChI is InChI=1S/C39H77N2O6P/c1-6-8-10-12-14-16-18-19-20-21-22-23-25-27-29-31-33-39(43)40-37(36-47-48(44,45)46-35-34-41(3,4)5)38(42)32-30-28-26-24-17-15-13-11-9-7-2/h17,24,30,32,37-38,42H,6-16,18-23,25-29,31,33-36H2,1-5H3,(H-,40,43,44,45)/p+1/b24-17+,32-30+/t37-,38+/m0/s1. The van der Waals surface area contributed by atoms with Gasteiger partial charge < -0.3 is 19.8 Å². The number of hydrogen-bond acceptors (Lipinski definition) is 5. The molecule has 1 unspecified atom stereocenters. The second-order valence-corrected chi connectivity index (χ2v) is 16.1. The van der Waals surface area contributed by atoms with Crippen LogP contribution in [0.5, 0.6) is 0 Å². The topological polar surface area (TPSA) is 105 Å². The molecule has 0 bridgehead atoms. The lowest BCUT2D eigenvalue weighted by Crippen LogP contribution is -2.45. The van der Waals surface area contributed by atoms with Crippen molar-refractivity contribution in [3.05, 3.63) is 24.3 Å². The number of nitrogens with zero attached hydrogens (tertiary/aromatic N) is 1. The summed E-state index contributed by atoms with van der Waals surface area (Å²) in [6.07, 6.45) is 35.3. The monoisotopic (exact) mass is 702 g/mol. The van der Waals surface area contributed by atoms with Crippen LogP contribution in [0.25, 0.3) is 0 Å². The van der Waals surface area contributed by atoms with Gasteiger partial charge in [-0.2, -0.15) is 0 Å². The molecular weight excluding hydrogens is 623 g/mol. The van der Waals surface area contributed by atoms with Crippen molar-refractivity contribution in [1.29, 1.82) is 0 Å². The number of aliphatic hydroxyl groups is 1. The molecule has 48 heavy (non-hydrogen) atoms. The summed E-state index contributed by atoms with van der Waals surface area (Å²) < 4.78 is 23.4. The molecule has 0 aromatic carbocycles. The molecule has 3 atom stereocenters. The van der Waals surface area contributed by atoms with E-state index in [4.69, 9.17) is 9.05 Å². The first-order valence-electron chi connectivity index (χ1n) is 19.7. The maximum Gasteiger partial charge on any atom is 0.472 e. The maximum atomic E-state index is 12.8. The summed E-state index contributed by atoms with van der Waals surface area (Å²) in [4.78, 5) is 23.0. The molecule has 0 radical (unpaired) electrons. The van der Waals surface area contributed by atoms with Crippen LogP contribution in [0.4, 0.5) is 0 Å². The van der Waals surface area contributed by atoms with Crippen molar-refractivity contribution in [3.63, 3.8) is 0 Å². The van der Waals surface area contributed by atoms with E-state index in [0.29, 0.717) is 17.4 Å². The van der Waals surface area contributed by atoms with Gasteiger partial charge in [-0.05, 0) is 32.1 Å². The molecule has 0 aromatic heterocycles. The van der Waals surface area contributed by atoms with Gasteiger partial charge in [0.25, 0.3) is 0 Å². The minimum absolute atomic E-state index is 0.0577.